The van der Waals surface area contributed by atoms with Gasteiger partial charge in [0.1, 0.15) is 0 Å². The summed E-state index contributed by atoms with van der Waals surface area (Å²) in [5.74, 6) is 0.773. The highest BCUT2D eigenvalue weighted by Gasteiger charge is 2.41. The minimum absolute atomic E-state index is 0.0902. The van der Waals surface area contributed by atoms with E-state index < -0.39 is 5.79 Å². The summed E-state index contributed by atoms with van der Waals surface area (Å²) in [6.45, 7) is 4.97. The quantitative estimate of drug-likeness (QED) is 0.595. The van der Waals surface area contributed by atoms with Gasteiger partial charge in [-0.3, -0.25) is 0 Å². The van der Waals surface area contributed by atoms with Gasteiger partial charge in [0.25, 0.3) is 0 Å². The van der Waals surface area contributed by atoms with E-state index in [1.54, 1.807) is 0 Å². The van der Waals surface area contributed by atoms with Crippen molar-refractivity contribution in [2.24, 2.45) is 17.6 Å². The second-order valence-corrected chi connectivity index (χ2v) is 7.24. The minimum Gasteiger partial charge on any atom is -0.340 e. The molecular weight excluding hydrogens is 266 g/mol. The largest absolute Gasteiger partial charge is 0.340 e. The summed E-state index contributed by atoms with van der Waals surface area (Å²) < 4.78 is 6.28. The lowest BCUT2D eigenvalue weighted by molar-refractivity contribution is -0.455. The van der Waals surface area contributed by atoms with E-state index in [9.17, 15) is 0 Å². The molecule has 2 heterocycles. The summed E-state index contributed by atoms with van der Waals surface area (Å²) in [6, 6.07) is 0. The molecule has 0 aromatic heterocycles. The van der Waals surface area contributed by atoms with Crippen LogP contribution in [0, 0.1) is 11.8 Å². The fourth-order valence-electron chi connectivity index (χ4n) is 3.94. The molecule has 0 radical (unpaired) electrons. The van der Waals surface area contributed by atoms with Crippen LogP contribution in [0.15, 0.2) is 11.6 Å². The molecule has 2 unspecified atom stereocenters. The van der Waals surface area contributed by atoms with Crippen LogP contribution in [0.2, 0.25) is 0 Å². The number of hydrogen-bond acceptors (Lipinski definition) is 4. The van der Waals surface area contributed by atoms with Crippen LogP contribution in [-0.2, 0) is 14.5 Å². The molecule has 0 amide bonds. The Kier molecular flexibility index (Phi) is 4.69. The molecule has 4 rings (SSSR count). The van der Waals surface area contributed by atoms with Crippen molar-refractivity contribution in [3.05, 3.63) is 11.6 Å². The van der Waals surface area contributed by atoms with Crippen LogP contribution < -0.4 is 5.73 Å². The van der Waals surface area contributed by atoms with Gasteiger partial charge in [-0.25, -0.2) is 9.78 Å². The summed E-state index contributed by atoms with van der Waals surface area (Å²) in [6.07, 6.45) is 9.84. The van der Waals surface area contributed by atoms with Crippen LogP contribution >= 0.6 is 0 Å². The maximum atomic E-state index is 6.28. The van der Waals surface area contributed by atoms with Crippen molar-refractivity contribution in [1.82, 2.24) is 0 Å². The highest BCUT2D eigenvalue weighted by molar-refractivity contribution is 5.15. The second-order valence-electron chi connectivity index (χ2n) is 7.24. The Labute approximate surface area is 127 Å². The van der Waals surface area contributed by atoms with E-state index in [0.29, 0.717) is 5.92 Å². The van der Waals surface area contributed by atoms with Gasteiger partial charge >= 0.3 is 0 Å². The first-order chi connectivity index (χ1) is 10.1. The van der Waals surface area contributed by atoms with E-state index in [1.165, 1.54) is 18.4 Å². The van der Waals surface area contributed by atoms with Crippen molar-refractivity contribution in [3.63, 3.8) is 0 Å². The average molecular weight is 295 g/mol. The lowest BCUT2D eigenvalue weighted by Gasteiger charge is -2.39. The molecule has 2 N–H and O–H groups in total. The molecule has 2 fully saturated rings. The van der Waals surface area contributed by atoms with E-state index in [-0.39, 0.29) is 12.2 Å². The van der Waals surface area contributed by atoms with Crippen molar-refractivity contribution in [2.45, 2.75) is 76.8 Å². The summed E-state index contributed by atoms with van der Waals surface area (Å²) in [5.41, 5.74) is 7.33. The zero-order valence-corrected chi connectivity index (χ0v) is 13.3. The van der Waals surface area contributed by atoms with Gasteiger partial charge in [0, 0.05) is 12.8 Å². The first kappa shape index (κ1) is 15.5. The van der Waals surface area contributed by atoms with Crippen molar-refractivity contribution >= 4 is 0 Å². The zero-order valence-electron chi connectivity index (χ0n) is 13.3. The molecule has 2 bridgehead atoms. The van der Waals surface area contributed by atoms with Gasteiger partial charge in [-0.1, -0.05) is 11.6 Å². The molecule has 120 valence electrons. The summed E-state index contributed by atoms with van der Waals surface area (Å²) in [4.78, 5) is 11.6. The summed E-state index contributed by atoms with van der Waals surface area (Å²) in [7, 11) is 0. The Morgan fingerprint density at radius 2 is 1.95 bits per heavy atom. The average Bonchev–Trinajstić information content (AvgIpc) is 2.46. The molecule has 2 saturated carbocycles. The molecular formula is C17H29NO3. The Morgan fingerprint density at radius 1 is 1.24 bits per heavy atom. The molecule has 2 aliphatic heterocycles. The molecule has 1 spiro atoms. The number of ether oxygens (including phenoxy) is 1. The maximum absolute atomic E-state index is 6.28. The third-order valence-electron chi connectivity index (χ3n) is 5.20. The van der Waals surface area contributed by atoms with E-state index in [2.05, 4.69) is 19.9 Å². The standard InChI is InChI=1S/C17H29NO3/c1-12-7-15-9-16(10-15)8-13(2)20-21-17(19-12)5-3-14(11-18)4-6-17/h7,12-14,16H,3-6,8-11,18H2,1-2H3. The van der Waals surface area contributed by atoms with Crippen LogP contribution in [-0.4, -0.2) is 24.5 Å². The molecule has 21 heavy (non-hydrogen) atoms. The molecule has 0 aromatic carbocycles. The number of nitrogens with two attached hydrogens (primary N) is 1. The van der Waals surface area contributed by atoms with Gasteiger partial charge in [0.2, 0.25) is 5.79 Å². The monoisotopic (exact) mass is 295 g/mol. The van der Waals surface area contributed by atoms with Gasteiger partial charge in [0.05, 0.1) is 12.2 Å². The van der Waals surface area contributed by atoms with Gasteiger partial charge < -0.3 is 10.5 Å². The highest BCUT2D eigenvalue weighted by atomic mass is 17.2. The molecule has 0 aromatic rings. The van der Waals surface area contributed by atoms with Crippen molar-refractivity contribution in [1.29, 1.82) is 0 Å². The van der Waals surface area contributed by atoms with Gasteiger partial charge in [-0.05, 0) is 64.3 Å². The van der Waals surface area contributed by atoms with Gasteiger partial charge in [0.15, 0.2) is 0 Å². The number of rotatable bonds is 1. The molecule has 4 heteroatoms. The van der Waals surface area contributed by atoms with E-state index >= 15 is 0 Å². The van der Waals surface area contributed by atoms with Crippen molar-refractivity contribution in [3.8, 4) is 0 Å². The first-order valence-electron chi connectivity index (χ1n) is 8.50. The zero-order chi connectivity index (χ0) is 14.9. The predicted octanol–water partition coefficient (Wildman–Crippen LogP) is 3.31. The van der Waals surface area contributed by atoms with Crippen LogP contribution in [0.3, 0.4) is 0 Å². The van der Waals surface area contributed by atoms with Crippen LogP contribution in [0.25, 0.3) is 0 Å². The number of allylic oxidation sites excluding steroid dienone is 1. The predicted molar refractivity (Wildman–Crippen MR) is 81.3 cm³/mol. The highest BCUT2D eigenvalue weighted by Crippen LogP contribution is 2.41. The molecule has 4 aliphatic rings. The summed E-state index contributed by atoms with van der Waals surface area (Å²) >= 11 is 0. The number of hydrogen-bond donors (Lipinski definition) is 1. The SMILES string of the molecule is CC1C=C2CC(C2)CC(C)OOC2(CCC(CN)CC2)O1. The molecule has 0 saturated heterocycles. The lowest BCUT2D eigenvalue weighted by Crippen LogP contribution is -2.43. The second kappa shape index (κ2) is 6.37. The topological polar surface area (TPSA) is 53.7 Å². The first-order valence-corrected chi connectivity index (χ1v) is 8.50. The van der Waals surface area contributed by atoms with Crippen LogP contribution in [0.1, 0.15) is 58.8 Å². The van der Waals surface area contributed by atoms with Crippen molar-refractivity contribution < 1.29 is 14.5 Å². The van der Waals surface area contributed by atoms with Crippen LogP contribution in [0.4, 0.5) is 0 Å². The fourth-order valence-corrected chi connectivity index (χ4v) is 3.94. The smallest absolute Gasteiger partial charge is 0.202 e. The van der Waals surface area contributed by atoms with E-state index in [1.807, 2.05) is 0 Å². The summed E-state index contributed by atoms with van der Waals surface area (Å²) in [5, 5.41) is 0. The maximum Gasteiger partial charge on any atom is 0.202 e. The minimum atomic E-state index is -0.578. The van der Waals surface area contributed by atoms with Gasteiger partial charge in [-0.2, -0.15) is 0 Å². The third kappa shape index (κ3) is 3.67. The number of fused-ring (bicyclic) bond motifs is 5. The Hall–Kier alpha value is -0.420. The van der Waals surface area contributed by atoms with Crippen LogP contribution in [0.5, 0.6) is 0 Å². The van der Waals surface area contributed by atoms with Crippen molar-refractivity contribution in [2.75, 3.05) is 6.54 Å². The third-order valence-corrected chi connectivity index (χ3v) is 5.20. The fraction of sp³-hybridized carbons (Fsp3) is 0.882. The molecule has 2 atom stereocenters. The molecule has 2 aliphatic carbocycles. The Balaban J connectivity index is 1.70. The van der Waals surface area contributed by atoms with Gasteiger partial charge in [-0.15, -0.1) is 0 Å². The van der Waals surface area contributed by atoms with E-state index in [0.717, 1.165) is 44.6 Å². The Morgan fingerprint density at radius 3 is 2.62 bits per heavy atom. The Bertz CT molecular complexity index is 379. The lowest BCUT2D eigenvalue weighted by atomic mass is 9.76. The van der Waals surface area contributed by atoms with E-state index in [4.69, 9.17) is 20.2 Å². The molecule has 4 nitrogen and oxygen atoms in total. The normalized spacial score (nSPS) is 44.6.